The Balaban J connectivity index is 0.000000697. The molecule has 3 aromatic heterocycles. The minimum absolute atomic E-state index is 0.193. The molecule has 0 fully saturated rings. The lowest BCUT2D eigenvalue weighted by Gasteiger charge is -2.13. The quantitative estimate of drug-likeness (QED) is 0.0502. The molecule has 0 saturated heterocycles. The number of carboxylic acids is 4. The Morgan fingerprint density at radius 2 is 0.811 bits per heavy atom. The molecule has 3 aromatic rings. The van der Waals surface area contributed by atoms with E-state index in [1.165, 1.54) is 0 Å². The lowest BCUT2D eigenvalue weighted by Crippen LogP contribution is -2.04. The van der Waals surface area contributed by atoms with Crippen LogP contribution < -0.4 is 0 Å². The summed E-state index contributed by atoms with van der Waals surface area (Å²) >= 11 is 4.01. The topological polar surface area (TPSA) is 188 Å². The first-order valence-electron chi connectivity index (χ1n) is 16.5. The molecule has 4 unspecified atom stereocenters. The van der Waals surface area contributed by atoms with E-state index in [4.69, 9.17) is 20.4 Å². The van der Waals surface area contributed by atoms with E-state index in [2.05, 4.69) is 27.6 Å². The third kappa shape index (κ3) is 35.2. The Labute approximate surface area is 341 Å². The van der Waals surface area contributed by atoms with Crippen LogP contribution in [0.25, 0.3) is 0 Å². The zero-order valence-electron chi connectivity index (χ0n) is 30.1. The fourth-order valence-electron chi connectivity index (χ4n) is 3.05. The zero-order chi connectivity index (χ0) is 39.9. The van der Waals surface area contributed by atoms with E-state index >= 15 is 0 Å². The van der Waals surface area contributed by atoms with Gasteiger partial charge in [-0.3, -0.25) is 19.2 Å². The van der Waals surface area contributed by atoms with E-state index in [1.54, 1.807) is 83.4 Å². The summed E-state index contributed by atoms with van der Waals surface area (Å²) in [4.78, 5) is 53.5. The average molecular weight is 864 g/mol. The Hall–Kier alpha value is -2.22. The van der Waals surface area contributed by atoms with E-state index in [-0.39, 0.29) is 41.4 Å². The molecule has 3 rings (SSSR count). The lowest BCUT2D eigenvalue weighted by molar-refractivity contribution is -0.138. The number of thiol groups is 1. The van der Waals surface area contributed by atoms with Crippen LogP contribution in [0.2, 0.25) is 0 Å². The average Bonchev–Trinajstić information content (AvgIpc) is 3.14. The first-order valence-corrected chi connectivity index (χ1v) is 23.6. The maximum Gasteiger partial charge on any atom is 0.303 e. The second-order valence-electron chi connectivity index (χ2n) is 11.1. The van der Waals surface area contributed by atoms with Gasteiger partial charge in [0.1, 0.15) is 15.1 Å². The van der Waals surface area contributed by atoms with Gasteiger partial charge in [0.15, 0.2) is 0 Å². The summed E-state index contributed by atoms with van der Waals surface area (Å²) in [7, 11) is 9.77. The number of aliphatic carboxylic acids is 4. The predicted octanol–water partition coefficient (Wildman–Crippen LogP) is 10.4. The molecular weight excluding hydrogens is 815 g/mol. The Bertz CT molecular complexity index is 1340. The van der Waals surface area contributed by atoms with Gasteiger partial charge in [0.25, 0.3) is 0 Å². The molecule has 0 saturated carbocycles. The van der Waals surface area contributed by atoms with Crippen molar-refractivity contribution in [2.75, 3.05) is 0 Å². The van der Waals surface area contributed by atoms with Crippen molar-refractivity contribution in [3.63, 3.8) is 0 Å². The third-order valence-electron chi connectivity index (χ3n) is 5.88. The van der Waals surface area contributed by atoms with Gasteiger partial charge in [-0.05, 0) is 99.7 Å². The molecular formula is C35H49N3O8S7. The van der Waals surface area contributed by atoms with Gasteiger partial charge in [-0.1, -0.05) is 78.3 Å². The first kappa shape index (κ1) is 50.8. The maximum atomic E-state index is 10.3. The number of nitrogens with zero attached hydrogens (tertiary/aromatic N) is 3. The van der Waals surface area contributed by atoms with E-state index in [9.17, 15) is 19.2 Å². The van der Waals surface area contributed by atoms with Crippen molar-refractivity contribution in [3.05, 3.63) is 73.2 Å². The number of pyridine rings is 3. The molecule has 0 spiro atoms. The van der Waals surface area contributed by atoms with Crippen LogP contribution in [0.15, 0.2) is 88.3 Å². The molecule has 0 aromatic carbocycles. The Morgan fingerprint density at radius 3 is 1.08 bits per heavy atom. The standard InChI is InChI=1S/C10H8N2S2.C10H13NO2S2.C10H18O4S2.C5H10O2S/c1-3-7-11-9(5-1)13-14-10-6-2-4-8-12-10;1-8(5-6-10(12)13)14-15-9-4-2-3-7-11-9;1-7(3-5-9(11)12)15-16-8(2)4-6-10(13)14;1-4(8)2-3-5(6)7/h1-8H;2-4,7-8H,5-6H2,1H3,(H,12,13);7-8H,3-6H2,1-2H3,(H,11,12)(H,13,14);4,8H,2-3H2,1H3,(H,6,7). The molecule has 0 radical (unpaired) electrons. The summed E-state index contributed by atoms with van der Waals surface area (Å²) in [6, 6.07) is 17.5. The molecule has 0 bridgehead atoms. The highest BCUT2D eigenvalue weighted by molar-refractivity contribution is 8.77. The molecule has 3 heterocycles. The van der Waals surface area contributed by atoms with Crippen LogP contribution in [-0.2, 0) is 19.2 Å². The molecule has 4 N–H and O–H groups in total. The first-order chi connectivity index (χ1) is 25.2. The van der Waals surface area contributed by atoms with Gasteiger partial charge in [0, 0.05) is 60.0 Å². The van der Waals surface area contributed by atoms with Gasteiger partial charge < -0.3 is 20.4 Å². The number of carboxylic acid groups (broad SMARTS) is 4. The van der Waals surface area contributed by atoms with Crippen molar-refractivity contribution in [3.8, 4) is 0 Å². The Morgan fingerprint density at radius 1 is 0.509 bits per heavy atom. The SMILES string of the molecule is CC(CCC(=O)O)SSC(C)CCC(=O)O.CC(CCC(=O)O)SSc1ccccn1.CC(S)CCC(=O)O.c1ccc(SSc2ccccn2)nc1. The molecule has 0 aliphatic carbocycles. The van der Waals surface area contributed by atoms with Crippen molar-refractivity contribution in [2.45, 2.75) is 115 Å². The summed E-state index contributed by atoms with van der Waals surface area (Å²) in [5, 5.41) is 37.7. The van der Waals surface area contributed by atoms with E-state index in [0.717, 1.165) is 15.1 Å². The van der Waals surface area contributed by atoms with Gasteiger partial charge in [0.2, 0.25) is 0 Å². The second-order valence-corrected chi connectivity index (χ2v) is 19.9. The van der Waals surface area contributed by atoms with Crippen molar-refractivity contribution >= 4 is 101 Å². The van der Waals surface area contributed by atoms with Gasteiger partial charge in [0.05, 0.1) is 0 Å². The van der Waals surface area contributed by atoms with Gasteiger partial charge in [-0.2, -0.15) is 12.6 Å². The number of carbonyl (C=O) groups is 4. The molecule has 294 valence electrons. The van der Waals surface area contributed by atoms with Gasteiger partial charge >= 0.3 is 23.9 Å². The van der Waals surface area contributed by atoms with Crippen molar-refractivity contribution in [1.82, 2.24) is 15.0 Å². The highest BCUT2D eigenvalue weighted by Crippen LogP contribution is 2.36. The van der Waals surface area contributed by atoms with Crippen LogP contribution in [0.3, 0.4) is 0 Å². The zero-order valence-corrected chi connectivity index (χ0v) is 35.8. The molecule has 11 nitrogen and oxygen atoms in total. The largest absolute Gasteiger partial charge is 0.481 e. The predicted molar refractivity (Wildman–Crippen MR) is 227 cm³/mol. The monoisotopic (exact) mass is 863 g/mol. The van der Waals surface area contributed by atoms with Crippen LogP contribution in [0.5, 0.6) is 0 Å². The van der Waals surface area contributed by atoms with Crippen LogP contribution >= 0.6 is 77.4 Å². The molecule has 18 heteroatoms. The fraction of sp³-hybridized carbons (Fsp3) is 0.457. The Kier molecular flexibility index (Phi) is 31.8. The number of hydrogen-bond acceptors (Lipinski definition) is 14. The number of hydrogen-bond donors (Lipinski definition) is 5. The summed E-state index contributed by atoms with van der Waals surface area (Å²) in [5.74, 6) is -3.01. The third-order valence-corrected chi connectivity index (χ3v) is 14.7. The van der Waals surface area contributed by atoms with Crippen molar-refractivity contribution < 1.29 is 39.6 Å². The molecule has 0 aliphatic heterocycles. The molecule has 4 atom stereocenters. The number of rotatable bonds is 21. The van der Waals surface area contributed by atoms with Crippen molar-refractivity contribution in [2.24, 2.45) is 0 Å². The smallest absolute Gasteiger partial charge is 0.303 e. The van der Waals surface area contributed by atoms with Crippen LogP contribution in [-0.4, -0.2) is 80.3 Å². The van der Waals surface area contributed by atoms with Crippen LogP contribution in [0, 0.1) is 0 Å². The van der Waals surface area contributed by atoms with Crippen LogP contribution in [0.4, 0.5) is 0 Å². The maximum absolute atomic E-state index is 10.3. The van der Waals surface area contributed by atoms with Gasteiger partial charge in [-0.15, -0.1) is 0 Å². The second kappa shape index (κ2) is 33.1. The van der Waals surface area contributed by atoms with Crippen LogP contribution in [0.1, 0.15) is 79.1 Å². The highest BCUT2D eigenvalue weighted by Gasteiger charge is 2.11. The molecule has 53 heavy (non-hydrogen) atoms. The van der Waals surface area contributed by atoms with E-state index in [1.807, 2.05) is 82.3 Å². The lowest BCUT2D eigenvalue weighted by atomic mass is 10.2. The molecule has 0 amide bonds. The summed E-state index contributed by atoms with van der Waals surface area (Å²) in [6.07, 6.45) is 8.83. The molecule has 0 aliphatic rings. The fourth-order valence-corrected chi connectivity index (χ4v) is 9.54. The minimum Gasteiger partial charge on any atom is -0.481 e. The van der Waals surface area contributed by atoms with Gasteiger partial charge in [-0.25, -0.2) is 15.0 Å². The summed E-state index contributed by atoms with van der Waals surface area (Å²) < 4.78 is 0. The summed E-state index contributed by atoms with van der Waals surface area (Å²) in [6.45, 7) is 7.89. The number of aromatic nitrogens is 3. The highest BCUT2D eigenvalue weighted by atomic mass is 33.1. The van der Waals surface area contributed by atoms with Crippen molar-refractivity contribution in [1.29, 1.82) is 0 Å². The summed E-state index contributed by atoms with van der Waals surface area (Å²) in [5.41, 5.74) is 0. The van der Waals surface area contributed by atoms with E-state index in [0.29, 0.717) is 30.9 Å². The minimum atomic E-state index is -0.767. The van der Waals surface area contributed by atoms with E-state index < -0.39 is 23.9 Å². The normalized spacial score (nSPS) is 12.5.